The molecule has 3 aromatic rings. The second-order valence-electron chi connectivity index (χ2n) is 5.86. The van der Waals surface area contributed by atoms with E-state index in [9.17, 15) is 19.7 Å². The number of aryl methyl sites for hydroxylation is 2. The predicted octanol–water partition coefficient (Wildman–Crippen LogP) is 3.68. The molecule has 0 saturated carbocycles. The number of nitrogens with zero attached hydrogens (tertiary/aromatic N) is 1. The summed E-state index contributed by atoms with van der Waals surface area (Å²) < 4.78 is 10.5. The Labute approximate surface area is 148 Å². The quantitative estimate of drug-likeness (QED) is 0.307. The fraction of sp³-hybridized carbons (Fsp3) is 0.158. The van der Waals surface area contributed by atoms with E-state index >= 15 is 0 Å². The lowest BCUT2D eigenvalue weighted by Gasteiger charge is -2.09. The van der Waals surface area contributed by atoms with Gasteiger partial charge in [-0.2, -0.15) is 0 Å². The average molecular weight is 353 g/mol. The smallest absolute Gasteiger partial charge is 0.338 e. The molecule has 3 rings (SSSR count). The monoisotopic (exact) mass is 353 g/mol. The Bertz CT molecular complexity index is 1080. The van der Waals surface area contributed by atoms with Crippen molar-refractivity contribution in [2.24, 2.45) is 0 Å². The molecule has 2 aromatic carbocycles. The van der Waals surface area contributed by atoms with E-state index < -0.39 is 16.5 Å². The molecule has 0 fully saturated rings. The standard InChI is InChI=1S/C19H15NO6/c1-11-6-7-16-14(9-17(21)26-18(16)12(11)2)10-25-19(22)13-4-3-5-15(8-13)20(23)24/h3-9H,10H2,1-2H3. The number of non-ortho nitro benzene ring substituents is 1. The molecule has 7 nitrogen and oxygen atoms in total. The second kappa shape index (κ2) is 6.79. The van der Waals surface area contributed by atoms with E-state index in [2.05, 4.69) is 0 Å². The zero-order valence-corrected chi connectivity index (χ0v) is 14.1. The average Bonchev–Trinajstić information content (AvgIpc) is 2.63. The summed E-state index contributed by atoms with van der Waals surface area (Å²) in [6.45, 7) is 3.61. The molecule has 0 aliphatic rings. The highest BCUT2D eigenvalue weighted by molar-refractivity contribution is 5.90. The van der Waals surface area contributed by atoms with E-state index in [-0.39, 0.29) is 17.9 Å². The molecule has 0 N–H and O–H groups in total. The van der Waals surface area contributed by atoms with Gasteiger partial charge in [0.15, 0.2) is 0 Å². The van der Waals surface area contributed by atoms with Gasteiger partial charge in [0.05, 0.1) is 10.5 Å². The minimum absolute atomic E-state index is 0.0681. The molecule has 0 radical (unpaired) electrons. The number of nitro benzene ring substituents is 1. The largest absolute Gasteiger partial charge is 0.457 e. The summed E-state index contributed by atoms with van der Waals surface area (Å²) in [7, 11) is 0. The highest BCUT2D eigenvalue weighted by atomic mass is 16.6. The summed E-state index contributed by atoms with van der Waals surface area (Å²) in [6.07, 6.45) is 0. The van der Waals surface area contributed by atoms with E-state index in [1.54, 1.807) is 6.07 Å². The number of ether oxygens (including phenoxy) is 1. The number of esters is 1. The SMILES string of the molecule is Cc1ccc2c(COC(=O)c3cccc([N+](=O)[O-])c3)cc(=O)oc2c1C. The van der Waals surface area contributed by atoms with Crippen molar-refractivity contribution >= 4 is 22.6 Å². The Morgan fingerprint density at radius 3 is 2.69 bits per heavy atom. The van der Waals surface area contributed by atoms with Gasteiger partial charge in [0, 0.05) is 29.1 Å². The molecule has 26 heavy (non-hydrogen) atoms. The van der Waals surface area contributed by atoms with Gasteiger partial charge in [-0.05, 0) is 31.0 Å². The highest BCUT2D eigenvalue weighted by Gasteiger charge is 2.15. The molecule has 0 aliphatic carbocycles. The normalized spacial score (nSPS) is 10.7. The summed E-state index contributed by atoms with van der Waals surface area (Å²) in [6, 6.07) is 10.2. The van der Waals surface area contributed by atoms with Crippen LogP contribution < -0.4 is 5.63 Å². The second-order valence-corrected chi connectivity index (χ2v) is 5.86. The number of nitro groups is 1. The third-order valence-corrected chi connectivity index (χ3v) is 4.17. The predicted molar refractivity (Wildman–Crippen MR) is 94.2 cm³/mol. The van der Waals surface area contributed by atoms with Gasteiger partial charge in [0.2, 0.25) is 0 Å². The molecular weight excluding hydrogens is 338 g/mol. The lowest BCUT2D eigenvalue weighted by Crippen LogP contribution is -2.08. The van der Waals surface area contributed by atoms with Gasteiger partial charge >= 0.3 is 11.6 Å². The minimum Gasteiger partial charge on any atom is -0.457 e. The molecule has 0 amide bonds. The molecule has 0 spiro atoms. The summed E-state index contributed by atoms with van der Waals surface area (Å²) in [5.41, 5.74) is 2.12. The molecule has 1 heterocycles. The Kier molecular flexibility index (Phi) is 4.53. The molecule has 0 saturated heterocycles. The van der Waals surface area contributed by atoms with Gasteiger partial charge < -0.3 is 9.15 Å². The lowest BCUT2D eigenvalue weighted by molar-refractivity contribution is -0.384. The third kappa shape index (κ3) is 3.32. The van der Waals surface area contributed by atoms with Crippen LogP contribution in [0.25, 0.3) is 11.0 Å². The van der Waals surface area contributed by atoms with Crippen molar-refractivity contribution in [3.63, 3.8) is 0 Å². The summed E-state index contributed by atoms with van der Waals surface area (Å²) in [5.74, 6) is -0.709. The van der Waals surface area contributed by atoms with Gasteiger partial charge in [-0.25, -0.2) is 9.59 Å². The Hall–Kier alpha value is -3.48. The van der Waals surface area contributed by atoms with Crippen LogP contribution in [0.5, 0.6) is 0 Å². The van der Waals surface area contributed by atoms with E-state index in [1.807, 2.05) is 19.9 Å². The Morgan fingerprint density at radius 1 is 1.19 bits per heavy atom. The third-order valence-electron chi connectivity index (χ3n) is 4.17. The molecule has 0 atom stereocenters. The van der Waals surface area contributed by atoms with Crippen molar-refractivity contribution in [2.75, 3.05) is 0 Å². The van der Waals surface area contributed by atoms with Crippen LogP contribution in [0.1, 0.15) is 27.0 Å². The number of carbonyl (C=O) groups excluding carboxylic acids is 1. The number of rotatable bonds is 4. The van der Waals surface area contributed by atoms with Crippen molar-refractivity contribution in [3.8, 4) is 0 Å². The van der Waals surface area contributed by atoms with Gasteiger partial charge in [0.25, 0.3) is 5.69 Å². The zero-order chi connectivity index (χ0) is 18.8. The first-order chi connectivity index (χ1) is 12.4. The van der Waals surface area contributed by atoms with E-state index in [0.29, 0.717) is 16.5 Å². The maximum atomic E-state index is 12.2. The van der Waals surface area contributed by atoms with Crippen molar-refractivity contribution in [1.82, 2.24) is 0 Å². The number of benzene rings is 2. The fourth-order valence-corrected chi connectivity index (χ4v) is 2.62. The van der Waals surface area contributed by atoms with Crippen LogP contribution in [0.15, 0.2) is 51.7 Å². The van der Waals surface area contributed by atoms with E-state index in [0.717, 1.165) is 17.2 Å². The Balaban J connectivity index is 1.89. The van der Waals surface area contributed by atoms with E-state index in [1.165, 1.54) is 24.3 Å². The molecule has 132 valence electrons. The maximum absolute atomic E-state index is 12.2. The van der Waals surface area contributed by atoms with Crippen LogP contribution >= 0.6 is 0 Å². The molecule has 0 bridgehead atoms. The maximum Gasteiger partial charge on any atom is 0.338 e. The van der Waals surface area contributed by atoms with Gasteiger partial charge in [-0.3, -0.25) is 10.1 Å². The topological polar surface area (TPSA) is 99.6 Å². The van der Waals surface area contributed by atoms with Crippen LogP contribution in [0.2, 0.25) is 0 Å². The summed E-state index contributed by atoms with van der Waals surface area (Å²) in [5, 5.41) is 11.5. The summed E-state index contributed by atoms with van der Waals surface area (Å²) in [4.78, 5) is 34.2. The van der Waals surface area contributed by atoms with Crippen molar-refractivity contribution in [2.45, 2.75) is 20.5 Å². The molecule has 0 unspecified atom stereocenters. The number of hydrogen-bond acceptors (Lipinski definition) is 6. The summed E-state index contributed by atoms with van der Waals surface area (Å²) >= 11 is 0. The highest BCUT2D eigenvalue weighted by Crippen LogP contribution is 2.24. The molecule has 7 heteroatoms. The van der Waals surface area contributed by atoms with Crippen LogP contribution in [-0.4, -0.2) is 10.9 Å². The van der Waals surface area contributed by atoms with Gasteiger partial charge in [0.1, 0.15) is 12.2 Å². The van der Waals surface area contributed by atoms with Crippen LogP contribution in [0.3, 0.4) is 0 Å². The van der Waals surface area contributed by atoms with Crippen LogP contribution in [-0.2, 0) is 11.3 Å². The Morgan fingerprint density at radius 2 is 1.96 bits per heavy atom. The van der Waals surface area contributed by atoms with Crippen molar-refractivity contribution < 1.29 is 18.9 Å². The molecule has 0 aliphatic heterocycles. The van der Waals surface area contributed by atoms with Crippen LogP contribution in [0.4, 0.5) is 5.69 Å². The molecular formula is C19H15NO6. The van der Waals surface area contributed by atoms with Crippen molar-refractivity contribution in [3.05, 3.63) is 85.3 Å². The first-order valence-electron chi connectivity index (χ1n) is 7.81. The minimum atomic E-state index is -0.709. The lowest BCUT2D eigenvalue weighted by atomic mass is 10.0. The van der Waals surface area contributed by atoms with Gasteiger partial charge in [-0.1, -0.05) is 18.2 Å². The van der Waals surface area contributed by atoms with Crippen molar-refractivity contribution in [1.29, 1.82) is 0 Å². The van der Waals surface area contributed by atoms with E-state index in [4.69, 9.17) is 9.15 Å². The number of carbonyl (C=O) groups is 1. The number of hydrogen-bond donors (Lipinski definition) is 0. The fourth-order valence-electron chi connectivity index (χ4n) is 2.62. The zero-order valence-electron chi connectivity index (χ0n) is 14.1. The first-order valence-corrected chi connectivity index (χ1v) is 7.81. The number of fused-ring (bicyclic) bond motifs is 1. The molecule has 1 aromatic heterocycles. The van der Waals surface area contributed by atoms with Gasteiger partial charge in [-0.15, -0.1) is 0 Å². The van der Waals surface area contributed by atoms with Crippen LogP contribution in [0, 0.1) is 24.0 Å². The first kappa shape index (κ1) is 17.3.